The van der Waals surface area contributed by atoms with E-state index in [4.69, 9.17) is 0 Å². The van der Waals surface area contributed by atoms with Gasteiger partial charge in [-0.15, -0.1) is 0 Å². The second-order valence-electron chi connectivity index (χ2n) is 6.97. The Bertz CT molecular complexity index is 668. The highest BCUT2D eigenvalue weighted by molar-refractivity contribution is 5.53. The van der Waals surface area contributed by atoms with Crippen LogP contribution >= 0.6 is 0 Å². The number of phenolic OH excluding ortho intramolecular Hbond substituents is 1. The number of aromatic hydroxyl groups is 1. The molecule has 0 bridgehead atoms. The summed E-state index contributed by atoms with van der Waals surface area (Å²) in [5.41, 5.74) is -3.09. The first-order valence-electron chi connectivity index (χ1n) is 7.35. The lowest BCUT2D eigenvalue weighted by Crippen LogP contribution is -2.47. The predicted molar refractivity (Wildman–Crippen MR) is 71.3 cm³/mol. The van der Waals surface area contributed by atoms with Crippen LogP contribution in [0.1, 0.15) is 49.3 Å². The van der Waals surface area contributed by atoms with Crippen LogP contribution < -0.4 is 0 Å². The van der Waals surface area contributed by atoms with Gasteiger partial charge < -0.3 is 5.11 Å². The average Bonchev–Trinajstić information content (AvgIpc) is 3.32. The molecule has 7 heteroatoms. The van der Waals surface area contributed by atoms with Gasteiger partial charge in [-0.3, -0.25) is 0 Å². The molecule has 2 aliphatic rings. The zero-order valence-electron chi connectivity index (χ0n) is 12.6. The summed E-state index contributed by atoms with van der Waals surface area (Å²) in [6.45, 7) is 3.20. The topological polar surface area (TPSA) is 20.2 Å². The summed E-state index contributed by atoms with van der Waals surface area (Å²) in [4.78, 5) is 0. The van der Waals surface area contributed by atoms with Gasteiger partial charge in [-0.25, -0.2) is 4.39 Å². The second kappa shape index (κ2) is 4.36. The van der Waals surface area contributed by atoms with Crippen LogP contribution in [0, 0.1) is 12.7 Å². The molecular weight excluding hydrogens is 322 g/mol. The maximum Gasteiger partial charge on any atom is 0.454 e. The quantitative estimate of drug-likeness (QED) is 0.759. The molecule has 2 fully saturated rings. The van der Waals surface area contributed by atoms with E-state index in [1.807, 2.05) is 0 Å². The summed E-state index contributed by atoms with van der Waals surface area (Å²) in [7, 11) is 0. The van der Waals surface area contributed by atoms with E-state index in [0.29, 0.717) is 18.4 Å². The lowest BCUT2D eigenvalue weighted by Gasteiger charge is -2.30. The van der Waals surface area contributed by atoms with Gasteiger partial charge in [-0.2, -0.15) is 22.0 Å². The minimum absolute atomic E-state index is 0.109. The smallest absolute Gasteiger partial charge is 0.454 e. The normalized spacial score (nSPS) is 22.1. The molecule has 23 heavy (non-hydrogen) atoms. The van der Waals surface area contributed by atoms with E-state index in [1.54, 1.807) is 6.92 Å². The van der Waals surface area contributed by atoms with Gasteiger partial charge in [0.15, 0.2) is 11.6 Å². The van der Waals surface area contributed by atoms with Crippen LogP contribution in [0.5, 0.6) is 5.75 Å². The zero-order chi connectivity index (χ0) is 17.4. The minimum Gasteiger partial charge on any atom is -0.505 e. The van der Waals surface area contributed by atoms with Crippen LogP contribution in [0.3, 0.4) is 0 Å². The summed E-state index contributed by atoms with van der Waals surface area (Å²) in [5, 5.41) is 9.92. The molecule has 1 N–H and O–H groups in total. The minimum atomic E-state index is -5.75. The third-order valence-corrected chi connectivity index (χ3v) is 5.36. The first kappa shape index (κ1) is 16.5. The summed E-state index contributed by atoms with van der Waals surface area (Å²) < 4.78 is 80.5. The van der Waals surface area contributed by atoms with Crippen molar-refractivity contribution < 1.29 is 31.4 Å². The Morgan fingerprint density at radius 1 is 1.00 bits per heavy atom. The van der Waals surface area contributed by atoms with Gasteiger partial charge in [0.25, 0.3) is 0 Å². The molecule has 0 spiro atoms. The van der Waals surface area contributed by atoms with E-state index in [1.165, 1.54) is 6.92 Å². The third-order valence-electron chi connectivity index (χ3n) is 5.36. The van der Waals surface area contributed by atoms with Crippen molar-refractivity contribution in [3.05, 3.63) is 28.6 Å². The molecule has 0 aliphatic heterocycles. The molecule has 2 aliphatic carbocycles. The lowest BCUT2D eigenvalue weighted by atomic mass is 9.82. The van der Waals surface area contributed by atoms with Crippen LogP contribution in [-0.4, -0.2) is 17.2 Å². The fourth-order valence-corrected chi connectivity index (χ4v) is 3.33. The van der Waals surface area contributed by atoms with Crippen molar-refractivity contribution in [3.8, 4) is 5.75 Å². The molecule has 0 saturated heterocycles. The number of halogens is 6. The number of rotatable bonds is 3. The van der Waals surface area contributed by atoms with Crippen LogP contribution in [0.15, 0.2) is 6.07 Å². The highest BCUT2D eigenvalue weighted by Crippen LogP contribution is 2.65. The number of benzene rings is 1. The summed E-state index contributed by atoms with van der Waals surface area (Å²) in [5.74, 6) is -7.20. The molecule has 1 aromatic carbocycles. The molecule has 0 heterocycles. The van der Waals surface area contributed by atoms with E-state index >= 15 is 0 Å². The highest BCUT2D eigenvalue weighted by atomic mass is 19.4. The SMILES string of the molecule is Cc1c(C2(C)CC2)cc(C2(C(F)(F)C(F)(F)F)CC2)c(O)c1F. The van der Waals surface area contributed by atoms with Gasteiger partial charge in [0.1, 0.15) is 0 Å². The highest BCUT2D eigenvalue weighted by Gasteiger charge is 2.76. The lowest BCUT2D eigenvalue weighted by molar-refractivity contribution is -0.296. The second-order valence-corrected chi connectivity index (χ2v) is 6.97. The molecule has 1 nitrogen and oxygen atoms in total. The molecule has 0 radical (unpaired) electrons. The van der Waals surface area contributed by atoms with Gasteiger partial charge in [-0.05, 0) is 49.1 Å². The van der Waals surface area contributed by atoms with Crippen LogP contribution in [-0.2, 0) is 10.8 Å². The Balaban J connectivity index is 2.20. The Morgan fingerprint density at radius 3 is 1.91 bits per heavy atom. The van der Waals surface area contributed by atoms with E-state index in [2.05, 4.69) is 0 Å². The average molecular weight is 338 g/mol. The van der Waals surface area contributed by atoms with Crippen molar-refractivity contribution in [2.45, 2.75) is 62.5 Å². The maximum absolute atomic E-state index is 14.3. The van der Waals surface area contributed by atoms with Crippen molar-refractivity contribution in [2.75, 3.05) is 0 Å². The van der Waals surface area contributed by atoms with E-state index in [9.17, 15) is 31.4 Å². The Hall–Kier alpha value is -1.40. The maximum atomic E-state index is 14.3. The molecule has 1 aromatic rings. The Morgan fingerprint density at radius 2 is 1.52 bits per heavy atom. The van der Waals surface area contributed by atoms with Crippen molar-refractivity contribution >= 4 is 0 Å². The van der Waals surface area contributed by atoms with Gasteiger partial charge >= 0.3 is 12.1 Å². The van der Waals surface area contributed by atoms with Crippen molar-refractivity contribution in [1.29, 1.82) is 0 Å². The third kappa shape index (κ3) is 2.08. The fourth-order valence-electron chi connectivity index (χ4n) is 3.33. The van der Waals surface area contributed by atoms with Crippen molar-refractivity contribution in [2.24, 2.45) is 0 Å². The number of hydrogen-bond donors (Lipinski definition) is 1. The molecule has 0 amide bonds. The van der Waals surface area contributed by atoms with Gasteiger partial charge in [-0.1, -0.05) is 13.0 Å². The summed E-state index contributed by atoms with van der Waals surface area (Å²) in [6.07, 6.45) is -5.21. The van der Waals surface area contributed by atoms with E-state index < -0.39 is 52.9 Å². The number of hydrogen-bond acceptors (Lipinski definition) is 1. The Labute approximate surface area is 129 Å². The molecule has 0 atom stereocenters. The summed E-state index contributed by atoms with van der Waals surface area (Å²) in [6, 6.07) is 1.16. The van der Waals surface area contributed by atoms with Crippen LogP contribution in [0.2, 0.25) is 0 Å². The molecule has 128 valence electrons. The molecule has 0 unspecified atom stereocenters. The van der Waals surface area contributed by atoms with Gasteiger partial charge in [0, 0.05) is 5.56 Å². The Kier molecular flexibility index (Phi) is 3.12. The standard InChI is InChI=1S/C16H16F6O/c1-8-9(13(2)3-4-13)7-10(12(23)11(8)17)14(5-6-14)15(18,19)16(20,21)22/h7,23H,3-6H2,1-2H3. The predicted octanol–water partition coefficient (Wildman–Crippen LogP) is 5.12. The zero-order valence-corrected chi connectivity index (χ0v) is 12.6. The van der Waals surface area contributed by atoms with Gasteiger partial charge in [0.2, 0.25) is 0 Å². The first-order valence-corrected chi connectivity index (χ1v) is 7.35. The fraction of sp³-hybridized carbons (Fsp3) is 0.625. The van der Waals surface area contributed by atoms with Crippen molar-refractivity contribution in [1.82, 2.24) is 0 Å². The number of phenols is 1. The monoisotopic (exact) mass is 338 g/mol. The molecule has 0 aromatic heterocycles. The molecular formula is C16H16F6O. The van der Waals surface area contributed by atoms with E-state index in [-0.39, 0.29) is 5.56 Å². The van der Waals surface area contributed by atoms with Crippen LogP contribution in [0.4, 0.5) is 26.3 Å². The number of alkyl halides is 5. The van der Waals surface area contributed by atoms with E-state index in [0.717, 1.165) is 6.07 Å². The van der Waals surface area contributed by atoms with Gasteiger partial charge in [0.05, 0.1) is 5.41 Å². The van der Waals surface area contributed by atoms with Crippen LogP contribution in [0.25, 0.3) is 0 Å². The largest absolute Gasteiger partial charge is 0.505 e. The first-order chi connectivity index (χ1) is 10.4. The molecule has 2 saturated carbocycles. The van der Waals surface area contributed by atoms with Crippen molar-refractivity contribution in [3.63, 3.8) is 0 Å². The molecule has 3 rings (SSSR count). The summed E-state index contributed by atoms with van der Waals surface area (Å²) >= 11 is 0.